The first-order chi connectivity index (χ1) is 47.4. The van der Waals surface area contributed by atoms with Gasteiger partial charge in [-0.2, -0.15) is 18.2 Å². The van der Waals surface area contributed by atoms with Crippen LogP contribution in [0.3, 0.4) is 0 Å². The van der Waals surface area contributed by atoms with E-state index in [1.165, 1.54) is 17.8 Å². The molecule has 0 aliphatic carbocycles. The van der Waals surface area contributed by atoms with Crippen LogP contribution in [0.25, 0.3) is 106 Å². The van der Waals surface area contributed by atoms with Crippen LogP contribution < -0.4 is 9.30 Å². The van der Waals surface area contributed by atoms with Crippen molar-refractivity contribution in [2.24, 2.45) is 0 Å². The third kappa shape index (κ3) is 11.9. The van der Waals surface area contributed by atoms with Gasteiger partial charge in [0.2, 0.25) is 0 Å². The number of benzene rings is 10. The van der Waals surface area contributed by atoms with Crippen molar-refractivity contribution in [3.63, 3.8) is 0 Å². The summed E-state index contributed by atoms with van der Waals surface area (Å²) in [6.45, 7) is 23.4. The second kappa shape index (κ2) is 23.2. The largest absolute Gasteiger partial charge is 0.510 e. The van der Waals surface area contributed by atoms with E-state index >= 15 is 0 Å². The molecule has 3 aromatic heterocycles. The van der Waals surface area contributed by atoms with Crippen molar-refractivity contribution in [1.29, 1.82) is 0 Å². The summed E-state index contributed by atoms with van der Waals surface area (Å²) in [5.74, 6) is 0.790. The van der Waals surface area contributed by atoms with Gasteiger partial charge in [-0.05, 0) is 148 Å². The van der Waals surface area contributed by atoms with Crippen LogP contribution >= 0.6 is 0 Å². The number of hydrogen-bond acceptors (Lipinski definition) is 2. The maximum absolute atomic E-state index is 9.46. The average molecular weight is 1350 g/mol. The summed E-state index contributed by atoms with van der Waals surface area (Å²) in [6.07, 6.45) is 5.13. The molecule has 0 radical (unpaired) electrons. The van der Waals surface area contributed by atoms with Crippen molar-refractivity contribution in [2.45, 2.75) is 112 Å². The topological polar surface area (TPSA) is 35.9 Å². The standard InChI is InChI=1S/C83H76N4O.Pt/c1-54-42-78(84-52-73(54)57-26-18-15-19-27-57)87-74-33-21-20-32-69(74)70-40-39-68(51-76(70)87)88-67-31-23-30-66(50-67)85-53-86(75-41-36-58(48-77(75)85)56-34-37-62(38-35-56)80(2,3)4)79-71(59-28-22-29-63(43-59)81(5,6)7)46-60(55-24-16-14-17-25-55)47-72(79)61-44-64(82(8,9)10)49-65(45-61)83(11,12)13;/h14-49,52H,1-13H3;/q-2;/i1D3,14D,15D,16D,17D,18D,19D,24D,25D,26D,27D;. The Labute approximate surface area is 558 Å². The number of fused-ring (bicyclic) bond motifs is 4. The first-order valence-electron chi connectivity index (χ1n) is 36.3. The number of nitrogens with zero attached hydrogens (tertiary/aromatic N) is 4. The molecule has 0 unspecified atom stereocenters. The van der Waals surface area contributed by atoms with E-state index in [1.54, 1.807) is 16.7 Å². The van der Waals surface area contributed by atoms with Crippen LogP contribution in [0.5, 0.6) is 11.5 Å². The molecule has 0 amide bonds. The quantitative estimate of drug-likeness (QED) is 0.101. The van der Waals surface area contributed by atoms with E-state index in [-0.39, 0.29) is 88.6 Å². The number of para-hydroxylation sites is 1. The number of aryl methyl sites for hydroxylation is 1. The van der Waals surface area contributed by atoms with Crippen LogP contribution in [0.4, 0.5) is 0 Å². The van der Waals surface area contributed by atoms with Crippen molar-refractivity contribution in [3.8, 4) is 84.3 Å². The van der Waals surface area contributed by atoms with Crippen LogP contribution in [0, 0.1) is 25.3 Å². The Morgan fingerprint density at radius 3 is 1.75 bits per heavy atom. The van der Waals surface area contributed by atoms with Crippen molar-refractivity contribution in [3.05, 3.63) is 271 Å². The molecule has 0 fully saturated rings. The van der Waals surface area contributed by atoms with Gasteiger partial charge in [-0.3, -0.25) is 4.57 Å². The Kier molecular flexibility index (Phi) is 12.1. The summed E-state index contributed by atoms with van der Waals surface area (Å²) in [6, 6.07) is 54.5. The molecule has 13 rings (SSSR count). The molecule has 0 aliphatic heterocycles. The second-order valence-electron chi connectivity index (χ2n) is 26.9. The van der Waals surface area contributed by atoms with Crippen LogP contribution in [-0.4, -0.2) is 14.1 Å². The van der Waals surface area contributed by atoms with Gasteiger partial charge >= 0.3 is 0 Å². The summed E-state index contributed by atoms with van der Waals surface area (Å²) >= 11 is 0. The number of imidazole rings is 1. The molecule has 0 N–H and O–H groups in total. The average Bonchev–Trinajstić information content (AvgIpc) is 1.51. The number of ether oxygens (including phenoxy) is 1. The molecule has 446 valence electrons. The number of rotatable bonds is 10. The van der Waals surface area contributed by atoms with Crippen LogP contribution in [-0.2, 0) is 42.7 Å². The summed E-state index contributed by atoms with van der Waals surface area (Å²) < 4.78 is 127. The van der Waals surface area contributed by atoms with E-state index in [0.717, 1.165) is 77.6 Å². The predicted octanol–water partition coefficient (Wildman–Crippen LogP) is 21.4. The maximum Gasteiger partial charge on any atom is 0.268 e. The number of aromatic nitrogens is 4. The monoisotopic (exact) mass is 1350 g/mol. The van der Waals surface area contributed by atoms with Gasteiger partial charge in [-0.25, -0.2) is 4.98 Å². The Morgan fingerprint density at radius 1 is 0.461 bits per heavy atom. The Morgan fingerprint density at radius 2 is 1.08 bits per heavy atom. The molecular weight excluding hydrogens is 1260 g/mol. The Hall–Kier alpha value is -8.89. The molecule has 13 aromatic rings. The molecule has 0 atom stereocenters. The van der Waals surface area contributed by atoms with E-state index in [0.29, 0.717) is 28.0 Å². The van der Waals surface area contributed by atoms with Crippen molar-refractivity contribution < 1.29 is 48.2 Å². The third-order valence-electron chi connectivity index (χ3n) is 16.5. The first-order valence-corrected chi connectivity index (χ1v) is 29.8. The zero-order valence-corrected chi connectivity index (χ0v) is 54.4. The second-order valence-corrected chi connectivity index (χ2v) is 26.9. The molecule has 0 aliphatic rings. The van der Waals surface area contributed by atoms with Crippen molar-refractivity contribution >= 4 is 32.8 Å². The summed E-state index contributed by atoms with van der Waals surface area (Å²) in [4.78, 5) is 4.77. The van der Waals surface area contributed by atoms with Crippen molar-refractivity contribution in [2.75, 3.05) is 0 Å². The van der Waals surface area contributed by atoms with Gasteiger partial charge in [-0.1, -0.05) is 246 Å². The van der Waals surface area contributed by atoms with Gasteiger partial charge in [-0.15, -0.1) is 29.7 Å². The molecule has 89 heavy (non-hydrogen) atoms. The van der Waals surface area contributed by atoms with Gasteiger partial charge in [0.1, 0.15) is 5.82 Å². The minimum Gasteiger partial charge on any atom is -0.510 e. The first kappa shape index (κ1) is 46.3. The Balaban J connectivity index is 0.00000982. The van der Waals surface area contributed by atoms with Gasteiger partial charge < -0.3 is 13.9 Å². The van der Waals surface area contributed by atoms with Crippen LogP contribution in [0.1, 0.15) is 129 Å². The fourth-order valence-electron chi connectivity index (χ4n) is 11.5. The Bertz CT molecular complexity index is 5460. The van der Waals surface area contributed by atoms with Gasteiger partial charge in [0.15, 0.2) is 0 Å². The van der Waals surface area contributed by atoms with E-state index in [1.807, 2.05) is 65.2 Å². The molecule has 6 heteroatoms. The van der Waals surface area contributed by atoms with E-state index in [9.17, 15) is 2.74 Å². The zero-order chi connectivity index (χ0) is 72.6. The van der Waals surface area contributed by atoms with Gasteiger partial charge in [0.25, 0.3) is 6.33 Å². The molecule has 10 aromatic carbocycles. The molecule has 5 nitrogen and oxygen atoms in total. The fraction of sp³-hybridized carbons (Fsp3) is 0.205. The summed E-state index contributed by atoms with van der Waals surface area (Å²) in [5.41, 5.74) is 12.3. The minimum absolute atomic E-state index is 0. The summed E-state index contributed by atoms with van der Waals surface area (Å²) in [7, 11) is 0. The fourth-order valence-corrected chi connectivity index (χ4v) is 11.5. The van der Waals surface area contributed by atoms with Gasteiger partial charge in [0, 0.05) is 54.0 Å². The van der Waals surface area contributed by atoms with Gasteiger partial charge in [0.05, 0.1) is 30.4 Å². The van der Waals surface area contributed by atoms with Crippen molar-refractivity contribution in [1.82, 2.24) is 14.1 Å². The molecular formula is C83H76N4OPt-2. The molecule has 0 saturated heterocycles. The number of hydrogen-bond donors (Lipinski definition) is 0. The van der Waals surface area contributed by atoms with Crippen LogP contribution in [0.15, 0.2) is 224 Å². The molecule has 3 heterocycles. The molecule has 0 bridgehead atoms. The summed E-state index contributed by atoms with van der Waals surface area (Å²) in [5, 5.41) is 1.57. The van der Waals surface area contributed by atoms with E-state index in [2.05, 4.69) is 185 Å². The third-order valence-corrected chi connectivity index (χ3v) is 16.5. The molecule has 0 spiro atoms. The van der Waals surface area contributed by atoms with Crippen LogP contribution in [0.2, 0.25) is 0 Å². The SMILES string of the molecule is [2H]c1c([2H])c([2H])c(-c2cc(-c3cccc(C(C)(C)C)c3)c(-[n+]3[c-]n(-c4[c-]c(Oc5[c-]c6c(cc5)c5ccccc5n6-c5cc(C([2H])([2H])[2H])c(-c6c([2H])c([2H])c([2H])c([2H])c6[2H])cn5)ccc4)c4cc(-c5ccc(C(C)(C)C)cc5)ccc43)c(-c3cc(C(C)(C)C)cc(C(C)(C)C)c3)c2)c([2H])c1[2H].[Pt]. The smallest absolute Gasteiger partial charge is 0.268 e. The maximum atomic E-state index is 9.46. The molecule has 0 saturated carbocycles. The predicted molar refractivity (Wildman–Crippen MR) is 367 cm³/mol. The minimum atomic E-state index is -2.81. The number of pyridine rings is 1. The zero-order valence-electron chi connectivity index (χ0n) is 65.1. The van der Waals surface area contributed by atoms with E-state index in [4.69, 9.17) is 24.8 Å². The normalized spacial score (nSPS) is 14.4. The van der Waals surface area contributed by atoms with E-state index < -0.39 is 55.2 Å².